The van der Waals surface area contributed by atoms with Gasteiger partial charge in [-0.15, -0.1) is 0 Å². The van der Waals surface area contributed by atoms with Crippen molar-refractivity contribution < 1.29 is 28.7 Å². The zero-order valence-corrected chi connectivity index (χ0v) is 25.0. The summed E-state index contributed by atoms with van der Waals surface area (Å²) in [5.41, 5.74) is 0.973. The summed E-state index contributed by atoms with van der Waals surface area (Å²) in [5, 5.41) is 5.54. The number of carbonyl (C=O) groups is 4. The number of aryl methyl sites for hydroxylation is 1. The number of esters is 1. The van der Waals surface area contributed by atoms with E-state index >= 15 is 0 Å². The lowest BCUT2D eigenvalue weighted by Crippen LogP contribution is -2.60. The van der Waals surface area contributed by atoms with Crippen molar-refractivity contribution in [3.8, 4) is 0 Å². The van der Waals surface area contributed by atoms with Crippen LogP contribution in [0.25, 0.3) is 0 Å². The van der Waals surface area contributed by atoms with Gasteiger partial charge in [-0.1, -0.05) is 32.0 Å². The molecule has 0 radical (unpaired) electrons. The fraction of sp³-hybridized carbons (Fsp3) is 0.655. The number of nitrogens with one attached hydrogen (secondary N) is 2. The largest absolute Gasteiger partial charge is 0.466 e. The zero-order valence-electron chi connectivity index (χ0n) is 25.0. The summed E-state index contributed by atoms with van der Waals surface area (Å²) in [4.78, 5) is 54.0. The van der Waals surface area contributed by atoms with Gasteiger partial charge in [-0.25, -0.2) is 4.79 Å². The molecule has 2 unspecified atom stereocenters. The molecule has 9 nitrogen and oxygen atoms in total. The third-order valence-corrected chi connectivity index (χ3v) is 5.95. The Balaban J connectivity index is 3.54. The molecule has 0 fully saturated rings. The van der Waals surface area contributed by atoms with Crippen LogP contribution in [0.4, 0.5) is 4.79 Å². The minimum Gasteiger partial charge on any atom is -0.466 e. The van der Waals surface area contributed by atoms with Gasteiger partial charge < -0.3 is 25.0 Å². The second-order valence-electron chi connectivity index (χ2n) is 11.8. The van der Waals surface area contributed by atoms with Crippen LogP contribution in [0.5, 0.6) is 0 Å². The minimum absolute atomic E-state index is 0.0113. The molecule has 0 spiro atoms. The molecule has 2 atom stereocenters. The number of rotatable bonds is 10. The Morgan fingerprint density at radius 1 is 1.00 bits per heavy atom. The Bertz CT molecular complexity index is 991. The van der Waals surface area contributed by atoms with Gasteiger partial charge in [0, 0.05) is 12.1 Å². The molecule has 0 aliphatic heterocycles. The van der Waals surface area contributed by atoms with Gasteiger partial charge in [0.15, 0.2) is 0 Å². The predicted octanol–water partition coefficient (Wildman–Crippen LogP) is 4.59. The highest BCUT2D eigenvalue weighted by Crippen LogP contribution is 2.33. The van der Waals surface area contributed by atoms with E-state index in [0.717, 1.165) is 11.1 Å². The molecule has 38 heavy (non-hydrogen) atoms. The molecule has 0 bridgehead atoms. The highest BCUT2D eigenvalue weighted by Gasteiger charge is 2.43. The summed E-state index contributed by atoms with van der Waals surface area (Å²) < 4.78 is 10.4. The van der Waals surface area contributed by atoms with Crippen molar-refractivity contribution in [3.63, 3.8) is 0 Å². The van der Waals surface area contributed by atoms with Gasteiger partial charge in [0.05, 0.1) is 13.0 Å². The van der Waals surface area contributed by atoms with Crippen LogP contribution < -0.4 is 10.6 Å². The third-order valence-electron chi connectivity index (χ3n) is 5.95. The summed E-state index contributed by atoms with van der Waals surface area (Å²) in [7, 11) is 0. The smallest absolute Gasteiger partial charge is 0.408 e. The van der Waals surface area contributed by atoms with Crippen LogP contribution in [0, 0.1) is 19.8 Å². The second kappa shape index (κ2) is 13.6. The van der Waals surface area contributed by atoms with E-state index in [1.165, 1.54) is 4.90 Å². The van der Waals surface area contributed by atoms with Crippen LogP contribution in [0.2, 0.25) is 0 Å². The van der Waals surface area contributed by atoms with E-state index in [2.05, 4.69) is 10.6 Å². The highest BCUT2D eigenvalue weighted by molar-refractivity contribution is 5.93. The van der Waals surface area contributed by atoms with Gasteiger partial charge >= 0.3 is 12.1 Å². The molecular weight excluding hydrogens is 486 g/mol. The first kappa shape index (κ1) is 32.9. The van der Waals surface area contributed by atoms with Gasteiger partial charge in [-0.2, -0.15) is 0 Å². The van der Waals surface area contributed by atoms with E-state index < -0.39 is 47.1 Å². The topological polar surface area (TPSA) is 114 Å². The molecule has 2 N–H and O–H groups in total. The first-order valence-electron chi connectivity index (χ1n) is 13.2. The monoisotopic (exact) mass is 533 g/mol. The first-order chi connectivity index (χ1) is 17.4. The molecule has 0 saturated carbocycles. The standard InChI is InChI=1S/C29H47N3O6/c1-12-37-22(33)16-17-30-25(34)24(21-15-13-14-19(4)20(21)5)32(28(6,7)8)26(35)23(18(2)3)31-27(36)38-29(9,10)11/h13-15,18,23-24H,12,16-17H2,1-11H3,(H,30,34)(H,31,36). The lowest BCUT2D eigenvalue weighted by atomic mass is 9.90. The predicted molar refractivity (Wildman–Crippen MR) is 148 cm³/mol. The van der Waals surface area contributed by atoms with E-state index in [9.17, 15) is 19.2 Å². The maximum atomic E-state index is 14.2. The van der Waals surface area contributed by atoms with Crippen molar-refractivity contribution in [3.05, 3.63) is 34.9 Å². The summed E-state index contributed by atoms with van der Waals surface area (Å²) in [5.74, 6) is -1.54. The van der Waals surface area contributed by atoms with E-state index in [0.29, 0.717) is 5.56 Å². The Hall–Kier alpha value is -3.10. The van der Waals surface area contributed by atoms with Crippen LogP contribution in [0.3, 0.4) is 0 Å². The maximum absolute atomic E-state index is 14.2. The van der Waals surface area contributed by atoms with Crippen molar-refractivity contribution >= 4 is 23.9 Å². The summed E-state index contributed by atoms with van der Waals surface area (Å²) in [6.07, 6.45) is -0.697. The van der Waals surface area contributed by atoms with Gasteiger partial charge in [0.25, 0.3) is 0 Å². The van der Waals surface area contributed by atoms with Crippen LogP contribution in [0.1, 0.15) is 91.5 Å². The molecule has 0 aliphatic carbocycles. The molecular formula is C29H47N3O6. The number of ether oxygens (including phenoxy) is 2. The molecule has 0 saturated heterocycles. The van der Waals surface area contributed by atoms with E-state index in [4.69, 9.17) is 9.47 Å². The maximum Gasteiger partial charge on any atom is 0.408 e. The number of nitrogens with zero attached hydrogens (tertiary/aromatic N) is 1. The summed E-state index contributed by atoms with van der Waals surface area (Å²) in [6.45, 7) is 20.3. The fourth-order valence-corrected chi connectivity index (χ4v) is 4.03. The van der Waals surface area contributed by atoms with Crippen LogP contribution >= 0.6 is 0 Å². The molecule has 1 aromatic carbocycles. The van der Waals surface area contributed by atoms with Crippen molar-refractivity contribution in [2.24, 2.45) is 5.92 Å². The average molecular weight is 534 g/mol. The van der Waals surface area contributed by atoms with Crippen molar-refractivity contribution in [2.75, 3.05) is 13.2 Å². The molecule has 3 amide bonds. The molecule has 0 heterocycles. The van der Waals surface area contributed by atoms with Crippen molar-refractivity contribution in [1.82, 2.24) is 15.5 Å². The molecule has 0 aliphatic rings. The lowest BCUT2D eigenvalue weighted by Gasteiger charge is -2.44. The average Bonchev–Trinajstić information content (AvgIpc) is 2.75. The van der Waals surface area contributed by atoms with Gasteiger partial charge in [0.1, 0.15) is 17.7 Å². The Kier molecular flexibility index (Phi) is 11.8. The first-order valence-corrected chi connectivity index (χ1v) is 13.2. The molecule has 1 rings (SSSR count). The number of alkyl carbamates (subject to hydrolysis) is 1. The summed E-state index contributed by atoms with van der Waals surface area (Å²) in [6, 6.07) is 3.67. The zero-order chi connectivity index (χ0) is 29.4. The number of hydrogen-bond donors (Lipinski definition) is 2. The molecule has 214 valence electrons. The lowest BCUT2D eigenvalue weighted by molar-refractivity contribution is -0.149. The number of carbonyl (C=O) groups excluding carboxylic acids is 4. The van der Waals surface area contributed by atoms with Crippen LogP contribution in [-0.4, -0.2) is 59.1 Å². The van der Waals surface area contributed by atoms with Crippen LogP contribution in [-0.2, 0) is 23.9 Å². The molecule has 9 heteroatoms. The third kappa shape index (κ3) is 9.65. The van der Waals surface area contributed by atoms with Gasteiger partial charge in [-0.3, -0.25) is 14.4 Å². The van der Waals surface area contributed by atoms with E-state index in [1.54, 1.807) is 27.7 Å². The number of hydrogen-bond acceptors (Lipinski definition) is 6. The van der Waals surface area contributed by atoms with Gasteiger partial charge in [-0.05, 0) is 84.9 Å². The Morgan fingerprint density at radius 2 is 1.61 bits per heavy atom. The minimum atomic E-state index is -1.01. The quantitative estimate of drug-likeness (QED) is 0.425. The Morgan fingerprint density at radius 3 is 2.11 bits per heavy atom. The van der Waals surface area contributed by atoms with E-state index in [1.807, 2.05) is 66.7 Å². The van der Waals surface area contributed by atoms with Crippen LogP contribution in [0.15, 0.2) is 18.2 Å². The Labute approximate surface area is 228 Å². The molecule has 0 aromatic heterocycles. The number of amides is 3. The SMILES string of the molecule is CCOC(=O)CCNC(=O)C(c1cccc(C)c1C)N(C(=O)C(NC(=O)OC(C)(C)C)C(C)C)C(C)(C)C. The normalized spacial score (nSPS) is 13.4. The number of benzene rings is 1. The van der Waals surface area contributed by atoms with Crippen molar-refractivity contribution in [1.29, 1.82) is 0 Å². The second-order valence-corrected chi connectivity index (χ2v) is 11.8. The molecule has 1 aromatic rings. The van der Waals surface area contributed by atoms with Gasteiger partial charge in [0.2, 0.25) is 11.8 Å². The fourth-order valence-electron chi connectivity index (χ4n) is 4.03. The van der Waals surface area contributed by atoms with Crippen molar-refractivity contribution in [2.45, 2.75) is 106 Å². The van der Waals surface area contributed by atoms with E-state index in [-0.39, 0.29) is 25.5 Å². The highest BCUT2D eigenvalue weighted by atomic mass is 16.6. The summed E-state index contributed by atoms with van der Waals surface area (Å²) >= 11 is 0.